The second-order valence-electron chi connectivity index (χ2n) is 6.33. The summed E-state index contributed by atoms with van der Waals surface area (Å²) in [5.74, 6) is 1.06. The lowest BCUT2D eigenvalue weighted by Crippen LogP contribution is -2.33. The van der Waals surface area contributed by atoms with Gasteiger partial charge in [0.05, 0.1) is 5.69 Å². The Hall–Kier alpha value is -2.01. The lowest BCUT2D eigenvalue weighted by Gasteiger charge is -2.27. The first-order valence-corrected chi connectivity index (χ1v) is 8.36. The van der Waals surface area contributed by atoms with E-state index in [1.807, 2.05) is 19.2 Å². The van der Waals surface area contributed by atoms with Crippen LogP contribution in [0.4, 0.5) is 5.82 Å². The molecule has 0 saturated carbocycles. The zero-order chi connectivity index (χ0) is 16.1. The Morgan fingerprint density at radius 3 is 2.87 bits per heavy atom. The Morgan fingerprint density at radius 1 is 1.17 bits per heavy atom. The highest BCUT2D eigenvalue weighted by Crippen LogP contribution is 2.21. The van der Waals surface area contributed by atoms with E-state index in [4.69, 9.17) is 0 Å². The van der Waals surface area contributed by atoms with Crippen LogP contribution in [-0.4, -0.2) is 46.0 Å². The van der Waals surface area contributed by atoms with Crippen LogP contribution in [0.5, 0.6) is 0 Å². The molecule has 3 heterocycles. The molecule has 2 aromatic rings. The number of hydrogen-bond donors (Lipinski definition) is 0. The third-order valence-electron chi connectivity index (χ3n) is 4.57. The van der Waals surface area contributed by atoms with E-state index in [-0.39, 0.29) is 0 Å². The molecule has 2 aromatic heterocycles. The summed E-state index contributed by atoms with van der Waals surface area (Å²) in [7, 11) is 2.21. The van der Waals surface area contributed by atoms with Gasteiger partial charge in [-0.1, -0.05) is 6.07 Å². The second kappa shape index (κ2) is 7.51. The largest absolute Gasteiger partial charge is 0.356 e. The van der Waals surface area contributed by atoms with Crippen LogP contribution in [0.1, 0.15) is 30.7 Å². The zero-order valence-corrected chi connectivity index (χ0v) is 14.0. The Bertz CT molecular complexity index is 616. The third-order valence-corrected chi connectivity index (χ3v) is 4.57. The van der Waals surface area contributed by atoms with Gasteiger partial charge >= 0.3 is 0 Å². The number of hydrogen-bond acceptors (Lipinski definition) is 5. The van der Waals surface area contributed by atoms with E-state index >= 15 is 0 Å². The first kappa shape index (κ1) is 15.9. The van der Waals surface area contributed by atoms with Crippen LogP contribution >= 0.6 is 0 Å². The van der Waals surface area contributed by atoms with Gasteiger partial charge in [-0.3, -0.25) is 9.88 Å². The Labute approximate surface area is 138 Å². The van der Waals surface area contributed by atoms with E-state index in [0.29, 0.717) is 6.04 Å². The maximum absolute atomic E-state index is 4.44. The lowest BCUT2D eigenvalue weighted by molar-refractivity contribution is 0.215. The smallest absolute Gasteiger partial charge is 0.132 e. The molecule has 5 nitrogen and oxygen atoms in total. The molecule has 0 unspecified atom stereocenters. The van der Waals surface area contributed by atoms with Gasteiger partial charge < -0.3 is 4.90 Å². The first-order chi connectivity index (χ1) is 11.2. The fourth-order valence-electron chi connectivity index (χ4n) is 3.24. The van der Waals surface area contributed by atoms with Crippen molar-refractivity contribution < 1.29 is 0 Å². The number of pyridine rings is 1. The summed E-state index contributed by atoms with van der Waals surface area (Å²) >= 11 is 0. The molecule has 122 valence electrons. The minimum atomic E-state index is 0.602. The van der Waals surface area contributed by atoms with E-state index in [2.05, 4.69) is 50.0 Å². The highest BCUT2D eigenvalue weighted by molar-refractivity contribution is 5.38. The van der Waals surface area contributed by atoms with Crippen molar-refractivity contribution in [1.29, 1.82) is 0 Å². The molecule has 0 aromatic carbocycles. The van der Waals surface area contributed by atoms with Gasteiger partial charge in [-0.2, -0.15) is 0 Å². The van der Waals surface area contributed by atoms with Gasteiger partial charge in [0.1, 0.15) is 12.1 Å². The van der Waals surface area contributed by atoms with Crippen molar-refractivity contribution in [2.45, 2.75) is 38.8 Å². The van der Waals surface area contributed by atoms with Crippen molar-refractivity contribution in [2.75, 3.05) is 25.0 Å². The maximum Gasteiger partial charge on any atom is 0.132 e. The van der Waals surface area contributed by atoms with Gasteiger partial charge in [0.25, 0.3) is 0 Å². The van der Waals surface area contributed by atoms with Crippen molar-refractivity contribution in [2.24, 2.45) is 0 Å². The fourth-order valence-corrected chi connectivity index (χ4v) is 3.24. The van der Waals surface area contributed by atoms with E-state index in [9.17, 15) is 0 Å². The molecule has 1 aliphatic heterocycles. The van der Waals surface area contributed by atoms with Crippen LogP contribution in [0.15, 0.2) is 36.8 Å². The number of aryl methyl sites for hydroxylation is 1. The third kappa shape index (κ3) is 4.26. The minimum Gasteiger partial charge on any atom is -0.356 e. The molecule has 5 heteroatoms. The summed E-state index contributed by atoms with van der Waals surface area (Å²) < 4.78 is 0. The van der Waals surface area contributed by atoms with Crippen molar-refractivity contribution in [3.8, 4) is 0 Å². The van der Waals surface area contributed by atoms with E-state index in [1.54, 1.807) is 6.33 Å². The van der Waals surface area contributed by atoms with Crippen molar-refractivity contribution in [1.82, 2.24) is 19.9 Å². The SMILES string of the molecule is Cc1cc(N2CCC[C@H](N(C)Cc3ccccn3)CC2)ncn1. The molecule has 1 fully saturated rings. The summed E-state index contributed by atoms with van der Waals surface area (Å²) in [4.78, 5) is 17.9. The van der Waals surface area contributed by atoms with Gasteiger partial charge in [0.2, 0.25) is 0 Å². The summed E-state index contributed by atoms with van der Waals surface area (Å²) in [5, 5.41) is 0. The van der Waals surface area contributed by atoms with Crippen LogP contribution in [-0.2, 0) is 6.54 Å². The average molecular weight is 311 g/mol. The number of nitrogens with zero attached hydrogens (tertiary/aromatic N) is 5. The first-order valence-electron chi connectivity index (χ1n) is 8.36. The zero-order valence-electron chi connectivity index (χ0n) is 14.0. The molecular weight excluding hydrogens is 286 g/mol. The Kier molecular flexibility index (Phi) is 5.18. The molecule has 0 spiro atoms. The molecule has 0 N–H and O–H groups in total. The van der Waals surface area contributed by atoms with Crippen LogP contribution in [0, 0.1) is 6.92 Å². The predicted molar refractivity (Wildman–Crippen MR) is 92.3 cm³/mol. The minimum absolute atomic E-state index is 0.602. The standard InChI is InChI=1S/C18H25N5/c1-15-12-18(21-14-20-15)23-10-5-7-17(8-11-23)22(2)13-16-6-3-4-9-19-16/h3-4,6,9,12,14,17H,5,7-8,10-11,13H2,1-2H3/t17-/m0/s1. The van der Waals surface area contributed by atoms with Crippen molar-refractivity contribution >= 4 is 5.82 Å². The quantitative estimate of drug-likeness (QED) is 0.868. The fraction of sp³-hybridized carbons (Fsp3) is 0.500. The summed E-state index contributed by atoms with van der Waals surface area (Å²) in [6.45, 7) is 5.06. The highest BCUT2D eigenvalue weighted by atomic mass is 15.2. The van der Waals surface area contributed by atoms with Gasteiger partial charge in [-0.25, -0.2) is 9.97 Å². The second-order valence-corrected chi connectivity index (χ2v) is 6.33. The van der Waals surface area contributed by atoms with E-state index in [1.165, 1.54) is 12.8 Å². The molecule has 1 saturated heterocycles. The van der Waals surface area contributed by atoms with Crippen LogP contribution in [0.3, 0.4) is 0 Å². The molecule has 0 amide bonds. The number of aromatic nitrogens is 3. The normalized spacial score (nSPS) is 18.9. The van der Waals surface area contributed by atoms with E-state index in [0.717, 1.165) is 43.3 Å². The molecule has 0 radical (unpaired) electrons. The van der Waals surface area contributed by atoms with Crippen LogP contribution in [0.25, 0.3) is 0 Å². The maximum atomic E-state index is 4.44. The monoisotopic (exact) mass is 311 g/mol. The topological polar surface area (TPSA) is 45.2 Å². The number of anilines is 1. The summed E-state index contributed by atoms with van der Waals surface area (Å²) in [5.41, 5.74) is 2.17. The summed E-state index contributed by atoms with van der Waals surface area (Å²) in [6, 6.07) is 8.81. The Morgan fingerprint density at radius 2 is 2.09 bits per heavy atom. The predicted octanol–water partition coefficient (Wildman–Crippen LogP) is 2.67. The Balaban J connectivity index is 1.60. The summed E-state index contributed by atoms with van der Waals surface area (Å²) in [6.07, 6.45) is 7.12. The van der Waals surface area contributed by atoms with Crippen molar-refractivity contribution in [3.05, 3.63) is 48.2 Å². The molecule has 0 aliphatic carbocycles. The van der Waals surface area contributed by atoms with Crippen LogP contribution < -0.4 is 4.90 Å². The van der Waals surface area contributed by atoms with Gasteiger partial charge in [0.15, 0.2) is 0 Å². The molecule has 0 bridgehead atoms. The highest BCUT2D eigenvalue weighted by Gasteiger charge is 2.21. The molecule has 1 atom stereocenters. The van der Waals surface area contributed by atoms with Gasteiger partial charge in [0, 0.05) is 43.6 Å². The lowest BCUT2D eigenvalue weighted by atomic mass is 10.1. The van der Waals surface area contributed by atoms with Crippen LogP contribution in [0.2, 0.25) is 0 Å². The molecule has 1 aliphatic rings. The molecule has 3 rings (SSSR count). The van der Waals surface area contributed by atoms with Gasteiger partial charge in [-0.15, -0.1) is 0 Å². The number of rotatable bonds is 4. The molecule has 23 heavy (non-hydrogen) atoms. The van der Waals surface area contributed by atoms with E-state index < -0.39 is 0 Å². The van der Waals surface area contributed by atoms with Gasteiger partial charge in [-0.05, 0) is 45.4 Å². The van der Waals surface area contributed by atoms with Crippen molar-refractivity contribution in [3.63, 3.8) is 0 Å². The average Bonchev–Trinajstić information content (AvgIpc) is 2.82. The molecular formula is C18H25N5.